The van der Waals surface area contributed by atoms with E-state index < -0.39 is 62.6 Å². The number of aryl methyl sites for hydroxylation is 1. The van der Waals surface area contributed by atoms with Crippen molar-refractivity contribution in [3.8, 4) is 22.2 Å². The molecule has 17 heteroatoms. The lowest BCUT2D eigenvalue weighted by molar-refractivity contribution is -0.141. The maximum atomic E-state index is 14.9. The largest absolute Gasteiger partial charge is 0.496 e. The van der Waals surface area contributed by atoms with Crippen molar-refractivity contribution in [1.82, 2.24) is 35.1 Å². The molecule has 3 aliphatic heterocycles. The highest BCUT2D eigenvalue weighted by Gasteiger charge is 2.62. The average molecular weight is 888 g/mol. The van der Waals surface area contributed by atoms with E-state index in [0.717, 1.165) is 53.8 Å². The van der Waals surface area contributed by atoms with E-state index in [0.29, 0.717) is 73.8 Å². The molecule has 5 atom stereocenters. The Morgan fingerprint density at radius 1 is 1.03 bits per heavy atom. The molecule has 2 saturated heterocycles. The molecule has 5 fully saturated rings. The lowest BCUT2D eigenvalue weighted by Crippen LogP contribution is -2.58. The standard InChI is InChI=1S/C45H57N7O8S2/c1-26-36(59-4)17-16-31-37(21-33(46-38(26)31)40-47-34(24-61-40)27-12-13-27)60-29-20-35-39(53)49-45(42(55)50-62(57,58)30-14-15-30)22-28(45)10-8-6-5-7-9-11-32(41(54)52(35)23-29)48-43(56)51-19-18-44(2,3)25-51/h8,10,16-17,21,24,27-30,32,35H,5-7,9,11-15,18-20,22-23,25H2,1-4H3,(H,48,56)(H,49,53)(H,50,55)/t28-,29-,32+,35+,45-/m1/s1. The number of carbonyl (C=O) groups excluding carboxylic acids is 4. The molecule has 5 heterocycles. The summed E-state index contributed by atoms with van der Waals surface area (Å²) in [6.45, 7) is 7.34. The van der Waals surface area contributed by atoms with Crippen LogP contribution in [0.4, 0.5) is 4.79 Å². The second-order valence-corrected chi connectivity index (χ2v) is 21.8. The van der Waals surface area contributed by atoms with Crippen molar-refractivity contribution >= 4 is 56.0 Å². The van der Waals surface area contributed by atoms with Crippen LogP contribution in [0.5, 0.6) is 11.5 Å². The number of thiazole rings is 1. The van der Waals surface area contributed by atoms with Crippen molar-refractivity contribution in [3.63, 3.8) is 0 Å². The number of allylic oxidation sites excluding steroid dienone is 1. The van der Waals surface area contributed by atoms with Crippen molar-refractivity contribution in [2.75, 3.05) is 26.7 Å². The Bertz CT molecular complexity index is 2430. The fraction of sp³-hybridized carbons (Fsp3) is 0.600. The molecule has 15 nitrogen and oxygen atoms in total. The lowest BCUT2D eigenvalue weighted by Gasteiger charge is -2.31. The third-order valence-corrected chi connectivity index (χ3v) is 16.2. The quantitative estimate of drug-likeness (QED) is 0.225. The highest BCUT2D eigenvalue weighted by atomic mass is 32.2. The van der Waals surface area contributed by atoms with E-state index in [1.165, 1.54) is 16.2 Å². The number of carbonyl (C=O) groups is 4. The lowest BCUT2D eigenvalue weighted by atomic mass is 9.93. The van der Waals surface area contributed by atoms with Crippen molar-refractivity contribution in [2.24, 2.45) is 11.3 Å². The maximum absolute atomic E-state index is 14.9. The number of rotatable bonds is 9. The molecule has 332 valence electrons. The van der Waals surface area contributed by atoms with Crippen LogP contribution in [0.25, 0.3) is 21.6 Å². The monoisotopic (exact) mass is 887 g/mol. The average Bonchev–Trinajstić information content (AvgIpc) is 4.20. The van der Waals surface area contributed by atoms with Crippen LogP contribution in [0.2, 0.25) is 0 Å². The summed E-state index contributed by atoms with van der Waals surface area (Å²) in [6.07, 6.45) is 10.9. The van der Waals surface area contributed by atoms with Crippen molar-refractivity contribution in [2.45, 2.75) is 133 Å². The van der Waals surface area contributed by atoms with Gasteiger partial charge in [-0.25, -0.2) is 23.2 Å². The molecular formula is C45H57N7O8S2. The summed E-state index contributed by atoms with van der Waals surface area (Å²) >= 11 is 1.53. The second-order valence-electron chi connectivity index (χ2n) is 19.0. The fourth-order valence-corrected chi connectivity index (χ4v) is 11.6. The molecule has 0 radical (unpaired) electrons. The van der Waals surface area contributed by atoms with E-state index in [1.54, 1.807) is 12.0 Å². The van der Waals surface area contributed by atoms with Crippen molar-refractivity contribution in [1.29, 1.82) is 0 Å². The van der Waals surface area contributed by atoms with Gasteiger partial charge in [0, 0.05) is 53.7 Å². The number of benzene rings is 1. The van der Waals surface area contributed by atoms with Crippen LogP contribution in [-0.4, -0.2) is 108 Å². The first-order valence-electron chi connectivity index (χ1n) is 22.2. The number of ether oxygens (including phenoxy) is 2. The number of urea groups is 1. The summed E-state index contributed by atoms with van der Waals surface area (Å²) in [5, 5.41) is 8.95. The van der Waals surface area contributed by atoms with Gasteiger partial charge in [0.25, 0.3) is 5.91 Å². The zero-order valence-electron chi connectivity index (χ0n) is 35.9. The number of sulfonamides is 1. The molecular weight excluding hydrogens is 831 g/mol. The minimum Gasteiger partial charge on any atom is -0.496 e. The summed E-state index contributed by atoms with van der Waals surface area (Å²) < 4.78 is 40.8. The van der Waals surface area contributed by atoms with Crippen LogP contribution in [0.15, 0.2) is 35.7 Å². The number of amides is 5. The van der Waals surface area contributed by atoms with E-state index in [1.807, 2.05) is 37.3 Å². The van der Waals surface area contributed by atoms with E-state index in [-0.39, 0.29) is 30.8 Å². The van der Waals surface area contributed by atoms with Gasteiger partial charge in [-0.3, -0.25) is 19.1 Å². The van der Waals surface area contributed by atoms with E-state index in [4.69, 9.17) is 19.4 Å². The van der Waals surface area contributed by atoms with Crippen LogP contribution in [-0.2, 0) is 24.4 Å². The summed E-state index contributed by atoms with van der Waals surface area (Å²) in [6, 6.07) is 3.30. The normalized spacial score (nSPS) is 27.7. The number of methoxy groups -OCH3 is 1. The van der Waals surface area contributed by atoms with Gasteiger partial charge in [-0.15, -0.1) is 11.3 Å². The number of pyridine rings is 1. The Hall–Kier alpha value is -4.77. The van der Waals surface area contributed by atoms with Gasteiger partial charge in [0.2, 0.25) is 21.8 Å². The van der Waals surface area contributed by atoms with Crippen LogP contribution in [0.3, 0.4) is 0 Å². The zero-order valence-corrected chi connectivity index (χ0v) is 37.5. The predicted molar refractivity (Wildman–Crippen MR) is 234 cm³/mol. The summed E-state index contributed by atoms with van der Waals surface area (Å²) in [4.78, 5) is 70.6. The molecule has 2 aromatic heterocycles. The van der Waals surface area contributed by atoms with Gasteiger partial charge in [0.15, 0.2) is 0 Å². The minimum absolute atomic E-state index is 0.0238. The second kappa shape index (κ2) is 16.4. The molecule has 5 amide bonds. The first-order valence-corrected chi connectivity index (χ1v) is 24.6. The van der Waals surface area contributed by atoms with E-state index in [9.17, 15) is 27.6 Å². The van der Waals surface area contributed by atoms with Crippen LogP contribution >= 0.6 is 11.3 Å². The molecule has 3 N–H and O–H groups in total. The van der Waals surface area contributed by atoms with Crippen LogP contribution in [0.1, 0.15) is 108 Å². The Kier molecular flexibility index (Phi) is 11.3. The summed E-state index contributed by atoms with van der Waals surface area (Å²) in [5.74, 6) is -0.542. The predicted octanol–water partition coefficient (Wildman–Crippen LogP) is 5.71. The van der Waals surface area contributed by atoms with Crippen molar-refractivity contribution in [3.05, 3.63) is 47.0 Å². The molecule has 3 aliphatic carbocycles. The summed E-state index contributed by atoms with van der Waals surface area (Å²) in [5.41, 5.74) is 1.65. The number of likely N-dealkylation sites (tertiary alicyclic amines) is 1. The zero-order chi connectivity index (χ0) is 43.6. The number of fused-ring (bicyclic) bond motifs is 3. The molecule has 3 aromatic rings. The van der Waals surface area contributed by atoms with Gasteiger partial charge in [-0.2, -0.15) is 0 Å². The van der Waals surface area contributed by atoms with Gasteiger partial charge >= 0.3 is 6.03 Å². The first-order chi connectivity index (χ1) is 29.6. The highest BCUT2D eigenvalue weighted by Crippen LogP contribution is 2.47. The van der Waals surface area contributed by atoms with E-state index in [2.05, 4.69) is 34.6 Å². The number of aromatic nitrogens is 2. The van der Waals surface area contributed by atoms with Gasteiger partial charge in [0.05, 0.1) is 30.1 Å². The molecule has 0 unspecified atom stereocenters. The third-order valence-electron chi connectivity index (χ3n) is 13.5. The smallest absolute Gasteiger partial charge is 0.318 e. The minimum atomic E-state index is -3.90. The molecule has 0 spiro atoms. The van der Waals surface area contributed by atoms with Crippen LogP contribution in [0, 0.1) is 18.3 Å². The van der Waals surface area contributed by atoms with Gasteiger partial charge in [0.1, 0.15) is 45.9 Å². The number of hydrogen-bond donors (Lipinski definition) is 3. The number of nitrogens with zero attached hydrogens (tertiary/aromatic N) is 4. The maximum Gasteiger partial charge on any atom is 0.318 e. The Morgan fingerprint density at radius 2 is 1.84 bits per heavy atom. The molecule has 3 saturated carbocycles. The van der Waals surface area contributed by atoms with Gasteiger partial charge in [-0.05, 0) is 82.3 Å². The molecule has 1 aromatic carbocycles. The number of nitrogens with one attached hydrogen (secondary N) is 3. The summed E-state index contributed by atoms with van der Waals surface area (Å²) in [7, 11) is -2.29. The van der Waals surface area contributed by atoms with Crippen molar-refractivity contribution < 1.29 is 37.1 Å². The Balaban J connectivity index is 1.05. The molecule has 9 rings (SSSR count). The van der Waals surface area contributed by atoms with E-state index >= 15 is 0 Å². The Labute approximate surface area is 366 Å². The molecule has 0 bridgehead atoms. The fourth-order valence-electron chi connectivity index (χ4n) is 9.33. The molecule has 6 aliphatic rings. The van der Waals surface area contributed by atoms with Gasteiger partial charge in [-0.1, -0.05) is 38.8 Å². The third kappa shape index (κ3) is 8.62. The SMILES string of the molecule is COc1ccc2c(O[C@@H]3C[C@H]4C(=O)N[C@]5(C(=O)NS(=O)(=O)C6CC6)C[C@H]5C=CCCCCC[C@H](NC(=O)N5CCC(C)(C)C5)C(=O)N4C3)cc(-c3nc(C4CC4)cs3)nc2c1C. The highest BCUT2D eigenvalue weighted by molar-refractivity contribution is 7.91. The Morgan fingerprint density at radius 3 is 2.56 bits per heavy atom. The first kappa shape index (κ1) is 42.5. The van der Waals surface area contributed by atoms with Crippen LogP contribution < -0.4 is 24.8 Å². The molecule has 62 heavy (non-hydrogen) atoms. The number of hydrogen-bond acceptors (Lipinski definition) is 11. The van der Waals surface area contributed by atoms with Gasteiger partial charge < -0.3 is 29.9 Å². The topological polar surface area (TPSA) is 189 Å².